The molecular formula is C15H18BF3O2. The minimum absolute atomic E-state index is 0.0825. The lowest BCUT2D eigenvalue weighted by Gasteiger charge is -2.32. The molecule has 1 aromatic rings. The van der Waals surface area contributed by atoms with Crippen molar-refractivity contribution in [1.29, 1.82) is 0 Å². The van der Waals surface area contributed by atoms with Gasteiger partial charge in [-0.05, 0) is 45.4 Å². The van der Waals surface area contributed by atoms with Crippen molar-refractivity contribution < 1.29 is 22.5 Å². The number of allylic oxidation sites excluding steroid dienone is 1. The van der Waals surface area contributed by atoms with Crippen LogP contribution in [0.4, 0.5) is 13.2 Å². The second kappa shape index (κ2) is 5.50. The van der Waals surface area contributed by atoms with E-state index in [1.807, 2.05) is 27.7 Å². The molecule has 1 aliphatic rings. The van der Waals surface area contributed by atoms with E-state index in [9.17, 15) is 13.2 Å². The smallest absolute Gasteiger partial charge is 0.403 e. The van der Waals surface area contributed by atoms with Gasteiger partial charge in [0.05, 0.1) is 11.2 Å². The molecule has 0 aromatic heterocycles. The molecule has 1 aromatic carbocycles. The van der Waals surface area contributed by atoms with Gasteiger partial charge >= 0.3 is 7.12 Å². The van der Waals surface area contributed by atoms with Crippen LogP contribution in [-0.2, 0) is 9.31 Å². The number of halogens is 3. The summed E-state index contributed by atoms with van der Waals surface area (Å²) in [5.41, 5.74) is -1.06. The summed E-state index contributed by atoms with van der Waals surface area (Å²) in [4.78, 5) is 0. The summed E-state index contributed by atoms with van der Waals surface area (Å²) in [7, 11) is -0.753. The monoisotopic (exact) mass is 298 g/mol. The van der Waals surface area contributed by atoms with Crippen molar-refractivity contribution in [3.05, 3.63) is 41.7 Å². The van der Waals surface area contributed by atoms with Crippen molar-refractivity contribution in [2.45, 2.75) is 45.2 Å². The highest BCUT2D eigenvalue weighted by atomic mass is 19.3. The maximum Gasteiger partial charge on any atom is 0.462 e. The van der Waals surface area contributed by atoms with Crippen molar-refractivity contribution in [3.63, 3.8) is 0 Å². The van der Waals surface area contributed by atoms with E-state index in [0.29, 0.717) is 0 Å². The maximum absolute atomic E-state index is 13.2. The van der Waals surface area contributed by atoms with Crippen LogP contribution in [0.2, 0.25) is 6.32 Å². The molecule has 1 saturated heterocycles. The molecule has 2 rings (SSSR count). The fourth-order valence-electron chi connectivity index (χ4n) is 2.17. The summed E-state index contributed by atoms with van der Waals surface area (Å²) >= 11 is 0. The molecule has 0 bridgehead atoms. The largest absolute Gasteiger partial charge is 0.462 e. The number of hydrogen-bond donors (Lipinski definition) is 0. The fourth-order valence-corrected chi connectivity index (χ4v) is 2.17. The van der Waals surface area contributed by atoms with E-state index in [4.69, 9.17) is 9.31 Å². The zero-order chi connectivity index (χ0) is 15.8. The summed E-state index contributed by atoms with van der Waals surface area (Å²) in [6, 6.07) is 4.97. The summed E-state index contributed by atoms with van der Waals surface area (Å²) in [5, 5.41) is 0. The summed E-state index contributed by atoms with van der Waals surface area (Å²) in [6.45, 7) is 7.44. The Hall–Kier alpha value is -1.27. The Labute approximate surface area is 123 Å². The third kappa shape index (κ3) is 3.32. The Morgan fingerprint density at radius 2 is 1.48 bits per heavy atom. The zero-order valence-electron chi connectivity index (χ0n) is 12.5. The van der Waals surface area contributed by atoms with Gasteiger partial charge in [0.2, 0.25) is 0 Å². The molecule has 0 saturated carbocycles. The van der Waals surface area contributed by atoms with Gasteiger partial charge in [0.1, 0.15) is 5.82 Å². The molecule has 21 heavy (non-hydrogen) atoms. The molecule has 0 unspecified atom stereocenters. The van der Waals surface area contributed by atoms with Gasteiger partial charge in [0.15, 0.2) is 0 Å². The zero-order valence-corrected chi connectivity index (χ0v) is 12.5. The van der Waals surface area contributed by atoms with Crippen LogP contribution in [-0.4, -0.2) is 18.3 Å². The molecule has 0 aliphatic carbocycles. The van der Waals surface area contributed by atoms with Crippen LogP contribution in [0.5, 0.6) is 0 Å². The molecule has 2 nitrogen and oxygen atoms in total. The Balaban J connectivity index is 2.20. The second-order valence-electron chi connectivity index (χ2n) is 6.14. The minimum Gasteiger partial charge on any atom is -0.403 e. The normalized spacial score (nSPS) is 19.7. The highest BCUT2D eigenvalue weighted by molar-refractivity contribution is 6.48. The third-order valence-corrected chi connectivity index (χ3v) is 4.09. The first-order chi connectivity index (χ1) is 9.62. The molecule has 1 heterocycles. The van der Waals surface area contributed by atoms with E-state index >= 15 is 0 Å². The van der Waals surface area contributed by atoms with E-state index in [1.165, 1.54) is 12.1 Å². The van der Waals surface area contributed by atoms with E-state index < -0.39 is 30.2 Å². The molecule has 6 heteroatoms. The van der Waals surface area contributed by atoms with Crippen molar-refractivity contribution >= 4 is 12.7 Å². The van der Waals surface area contributed by atoms with Gasteiger partial charge in [-0.15, -0.1) is 0 Å². The van der Waals surface area contributed by atoms with Crippen LogP contribution in [0.15, 0.2) is 30.3 Å². The molecular weight excluding hydrogens is 280 g/mol. The summed E-state index contributed by atoms with van der Waals surface area (Å²) in [6.07, 6.45) is -1.89. The molecule has 0 radical (unpaired) electrons. The SMILES string of the molecule is CC1(C)OB(CC(=C(F)F)c2ccc(F)cc2)OC1(C)C. The Morgan fingerprint density at radius 3 is 1.90 bits per heavy atom. The highest BCUT2D eigenvalue weighted by Crippen LogP contribution is 2.40. The topological polar surface area (TPSA) is 18.5 Å². The van der Waals surface area contributed by atoms with Crippen LogP contribution in [0.25, 0.3) is 5.57 Å². The number of rotatable bonds is 3. The summed E-state index contributed by atoms with van der Waals surface area (Å²) < 4.78 is 50.8. The van der Waals surface area contributed by atoms with Gasteiger partial charge in [-0.3, -0.25) is 0 Å². The van der Waals surface area contributed by atoms with Crippen LogP contribution >= 0.6 is 0 Å². The Bertz CT molecular complexity index is 533. The Morgan fingerprint density at radius 1 is 1.00 bits per heavy atom. The van der Waals surface area contributed by atoms with E-state index in [0.717, 1.165) is 12.1 Å². The first-order valence-electron chi connectivity index (χ1n) is 6.78. The quantitative estimate of drug-likeness (QED) is 0.763. The molecule has 0 atom stereocenters. The fraction of sp³-hybridized carbons (Fsp3) is 0.467. The second-order valence-corrected chi connectivity index (χ2v) is 6.14. The van der Waals surface area contributed by atoms with Crippen molar-refractivity contribution in [3.8, 4) is 0 Å². The molecule has 0 amide bonds. The molecule has 0 spiro atoms. The third-order valence-electron chi connectivity index (χ3n) is 4.09. The molecule has 114 valence electrons. The first-order valence-corrected chi connectivity index (χ1v) is 6.78. The van der Waals surface area contributed by atoms with E-state index in [-0.39, 0.29) is 17.5 Å². The lowest BCUT2D eigenvalue weighted by atomic mass is 9.78. The van der Waals surface area contributed by atoms with E-state index in [2.05, 4.69) is 0 Å². The van der Waals surface area contributed by atoms with Crippen LogP contribution in [0.3, 0.4) is 0 Å². The lowest BCUT2D eigenvalue weighted by Crippen LogP contribution is -2.41. The van der Waals surface area contributed by atoms with Gasteiger partial charge in [0, 0.05) is 11.9 Å². The molecule has 1 fully saturated rings. The highest BCUT2D eigenvalue weighted by Gasteiger charge is 2.51. The maximum atomic E-state index is 13.2. The predicted octanol–water partition coefficient (Wildman–Crippen LogP) is 4.53. The van der Waals surface area contributed by atoms with Gasteiger partial charge < -0.3 is 9.31 Å². The van der Waals surface area contributed by atoms with Gasteiger partial charge in [-0.2, -0.15) is 8.78 Å². The summed E-state index contributed by atoms with van der Waals surface area (Å²) in [5.74, 6) is -0.465. The van der Waals surface area contributed by atoms with Gasteiger partial charge in [0.25, 0.3) is 6.08 Å². The average molecular weight is 298 g/mol. The number of hydrogen-bond acceptors (Lipinski definition) is 2. The Kier molecular flexibility index (Phi) is 4.22. The minimum atomic E-state index is -1.81. The first kappa shape index (κ1) is 16.1. The average Bonchev–Trinajstić information content (AvgIpc) is 2.55. The lowest BCUT2D eigenvalue weighted by molar-refractivity contribution is 0.00578. The van der Waals surface area contributed by atoms with Crippen molar-refractivity contribution in [1.82, 2.24) is 0 Å². The van der Waals surface area contributed by atoms with Crippen molar-refractivity contribution in [2.75, 3.05) is 0 Å². The van der Waals surface area contributed by atoms with E-state index in [1.54, 1.807) is 0 Å². The van der Waals surface area contributed by atoms with Crippen LogP contribution in [0.1, 0.15) is 33.3 Å². The predicted molar refractivity (Wildman–Crippen MR) is 76.4 cm³/mol. The van der Waals surface area contributed by atoms with Crippen molar-refractivity contribution in [2.24, 2.45) is 0 Å². The van der Waals surface area contributed by atoms with Gasteiger partial charge in [-0.1, -0.05) is 12.1 Å². The number of benzene rings is 1. The molecule has 0 N–H and O–H groups in total. The van der Waals surface area contributed by atoms with Crippen LogP contribution in [0, 0.1) is 5.82 Å². The van der Waals surface area contributed by atoms with Crippen LogP contribution < -0.4 is 0 Å². The molecule has 1 aliphatic heterocycles. The van der Waals surface area contributed by atoms with Gasteiger partial charge in [-0.25, -0.2) is 4.39 Å². The standard InChI is InChI=1S/C15H18BF3O2/c1-14(2)15(3,4)21-16(20-14)9-12(13(18)19)10-5-7-11(17)8-6-10/h5-8H,9H2,1-4H3.